The normalized spacial score (nSPS) is 15.2. The van der Waals surface area contributed by atoms with Crippen LogP contribution in [0.25, 0.3) is 21.5 Å². The van der Waals surface area contributed by atoms with E-state index in [1.165, 1.54) is 49.1 Å². The standard InChI is InChI=1S/C29H21BO/c1-29(2)22-13-7-8-14-24(22)30-25-16-15-18-9-3-5-11-20(18)27(25)31-28-21-12-6-4-10-19(21)17-23(29)26(28)30/h3-17H,1-2H3. The Balaban J connectivity index is 1.68. The predicted molar refractivity (Wildman–Crippen MR) is 131 cm³/mol. The van der Waals surface area contributed by atoms with Crippen LogP contribution in [0.1, 0.15) is 25.0 Å². The molecule has 146 valence electrons. The van der Waals surface area contributed by atoms with Gasteiger partial charge in [-0.2, -0.15) is 0 Å². The van der Waals surface area contributed by atoms with E-state index in [0.717, 1.165) is 11.5 Å². The topological polar surface area (TPSA) is 9.23 Å². The molecule has 0 spiro atoms. The molecule has 0 N–H and O–H groups in total. The van der Waals surface area contributed by atoms with Crippen LogP contribution < -0.4 is 21.1 Å². The van der Waals surface area contributed by atoms with Gasteiger partial charge in [-0.05, 0) is 32.8 Å². The predicted octanol–water partition coefficient (Wildman–Crippen LogP) is 5.25. The van der Waals surface area contributed by atoms with Crippen molar-refractivity contribution in [3.8, 4) is 11.5 Å². The lowest BCUT2D eigenvalue weighted by Gasteiger charge is -2.42. The summed E-state index contributed by atoms with van der Waals surface area (Å²) in [6.45, 7) is 4.89. The van der Waals surface area contributed by atoms with E-state index >= 15 is 0 Å². The van der Waals surface area contributed by atoms with Gasteiger partial charge in [0.2, 0.25) is 0 Å². The van der Waals surface area contributed by atoms with Gasteiger partial charge in [-0.15, -0.1) is 0 Å². The lowest BCUT2D eigenvalue weighted by molar-refractivity contribution is 0.496. The zero-order chi connectivity index (χ0) is 20.7. The smallest absolute Gasteiger partial charge is 0.251 e. The molecular weight excluding hydrogens is 375 g/mol. The first-order valence-corrected chi connectivity index (χ1v) is 11.0. The van der Waals surface area contributed by atoms with Gasteiger partial charge in [-0.1, -0.05) is 110 Å². The van der Waals surface area contributed by atoms with Gasteiger partial charge in [0, 0.05) is 16.2 Å². The lowest BCUT2D eigenvalue weighted by Crippen LogP contribution is -2.62. The zero-order valence-corrected chi connectivity index (χ0v) is 17.6. The van der Waals surface area contributed by atoms with Gasteiger partial charge in [0.1, 0.15) is 11.5 Å². The molecule has 0 saturated carbocycles. The van der Waals surface area contributed by atoms with Crippen molar-refractivity contribution in [2.45, 2.75) is 19.3 Å². The monoisotopic (exact) mass is 396 g/mol. The molecule has 0 saturated heterocycles. The summed E-state index contributed by atoms with van der Waals surface area (Å²) in [5.74, 6) is 2.04. The fourth-order valence-electron chi connectivity index (χ4n) is 5.89. The minimum absolute atomic E-state index is 0.0844. The summed E-state index contributed by atoms with van der Waals surface area (Å²) in [6, 6.07) is 33.1. The molecule has 0 bridgehead atoms. The van der Waals surface area contributed by atoms with Crippen LogP contribution in [-0.2, 0) is 5.41 Å². The van der Waals surface area contributed by atoms with Gasteiger partial charge in [0.05, 0.1) is 0 Å². The third-order valence-corrected chi connectivity index (χ3v) is 7.37. The number of fused-ring (bicyclic) bond motifs is 8. The molecule has 5 aromatic rings. The maximum atomic E-state index is 6.86. The van der Waals surface area contributed by atoms with Crippen LogP contribution in [0.2, 0.25) is 0 Å². The van der Waals surface area contributed by atoms with Gasteiger partial charge in [-0.25, -0.2) is 0 Å². The summed E-state index contributed by atoms with van der Waals surface area (Å²) < 4.78 is 6.86. The van der Waals surface area contributed by atoms with Gasteiger partial charge in [0.15, 0.2) is 0 Å². The first kappa shape index (κ1) is 17.2. The minimum atomic E-state index is -0.0844. The summed E-state index contributed by atoms with van der Waals surface area (Å²) >= 11 is 0. The highest BCUT2D eigenvalue weighted by Gasteiger charge is 2.45. The Kier molecular flexibility index (Phi) is 3.21. The molecule has 2 heteroatoms. The molecule has 0 aromatic heterocycles. The van der Waals surface area contributed by atoms with Crippen molar-refractivity contribution in [1.29, 1.82) is 0 Å². The van der Waals surface area contributed by atoms with Crippen molar-refractivity contribution in [3.63, 3.8) is 0 Å². The Labute approximate surface area is 182 Å². The van der Waals surface area contributed by atoms with Gasteiger partial charge < -0.3 is 4.74 Å². The minimum Gasteiger partial charge on any atom is -0.457 e. The summed E-state index contributed by atoms with van der Waals surface area (Å²) in [5.41, 5.74) is 6.71. The number of hydrogen-bond acceptors (Lipinski definition) is 1. The Morgan fingerprint density at radius 3 is 2.13 bits per heavy atom. The Morgan fingerprint density at radius 1 is 0.613 bits per heavy atom. The van der Waals surface area contributed by atoms with Crippen molar-refractivity contribution < 1.29 is 4.74 Å². The second-order valence-corrected chi connectivity index (χ2v) is 9.34. The maximum Gasteiger partial charge on any atom is 0.251 e. The first-order chi connectivity index (χ1) is 15.1. The molecule has 2 aliphatic heterocycles. The van der Waals surface area contributed by atoms with E-state index in [9.17, 15) is 0 Å². The number of ether oxygens (including phenoxy) is 1. The molecule has 0 amide bonds. The summed E-state index contributed by atoms with van der Waals surface area (Å²) in [6.07, 6.45) is 0. The van der Waals surface area contributed by atoms with E-state index in [4.69, 9.17) is 4.74 Å². The maximum absolute atomic E-state index is 6.86. The van der Waals surface area contributed by atoms with Crippen molar-refractivity contribution >= 4 is 44.6 Å². The van der Waals surface area contributed by atoms with Crippen LogP contribution in [0, 0.1) is 0 Å². The van der Waals surface area contributed by atoms with Gasteiger partial charge in [0.25, 0.3) is 6.71 Å². The van der Waals surface area contributed by atoms with E-state index in [1.54, 1.807) is 0 Å². The molecule has 1 nitrogen and oxygen atoms in total. The van der Waals surface area contributed by atoms with Crippen molar-refractivity contribution in [3.05, 3.63) is 102 Å². The van der Waals surface area contributed by atoms with Crippen LogP contribution in [0.15, 0.2) is 91.0 Å². The molecule has 2 aliphatic rings. The first-order valence-electron chi connectivity index (χ1n) is 11.0. The molecule has 0 aliphatic carbocycles. The highest BCUT2D eigenvalue weighted by atomic mass is 16.5. The largest absolute Gasteiger partial charge is 0.457 e. The van der Waals surface area contributed by atoms with Crippen molar-refractivity contribution in [2.75, 3.05) is 0 Å². The lowest BCUT2D eigenvalue weighted by atomic mass is 9.30. The molecule has 0 atom stereocenters. The van der Waals surface area contributed by atoms with Crippen LogP contribution in [-0.4, -0.2) is 6.71 Å². The second-order valence-electron chi connectivity index (χ2n) is 9.34. The Morgan fingerprint density at radius 2 is 1.29 bits per heavy atom. The van der Waals surface area contributed by atoms with E-state index in [0.29, 0.717) is 0 Å². The molecule has 5 aromatic carbocycles. The molecule has 0 unspecified atom stereocenters. The molecule has 0 fully saturated rings. The zero-order valence-electron chi connectivity index (χ0n) is 17.6. The summed E-state index contributed by atoms with van der Waals surface area (Å²) in [4.78, 5) is 0. The third kappa shape index (κ3) is 2.12. The molecule has 31 heavy (non-hydrogen) atoms. The van der Waals surface area contributed by atoms with Crippen molar-refractivity contribution in [2.24, 2.45) is 0 Å². The third-order valence-electron chi connectivity index (χ3n) is 7.37. The van der Waals surface area contributed by atoms with E-state index in [1.807, 2.05) is 0 Å². The molecular formula is C29H21BO. The van der Waals surface area contributed by atoms with Crippen LogP contribution >= 0.6 is 0 Å². The van der Waals surface area contributed by atoms with Crippen molar-refractivity contribution in [1.82, 2.24) is 0 Å². The van der Waals surface area contributed by atoms with E-state index < -0.39 is 0 Å². The van der Waals surface area contributed by atoms with Gasteiger partial charge in [-0.3, -0.25) is 0 Å². The van der Waals surface area contributed by atoms with Crippen LogP contribution in [0.3, 0.4) is 0 Å². The van der Waals surface area contributed by atoms with E-state index in [-0.39, 0.29) is 12.1 Å². The quantitative estimate of drug-likeness (QED) is 0.319. The van der Waals surface area contributed by atoms with Crippen LogP contribution in [0.4, 0.5) is 0 Å². The second kappa shape index (κ2) is 5.79. The Bertz CT molecular complexity index is 1550. The fourth-order valence-corrected chi connectivity index (χ4v) is 5.89. The fraction of sp³-hybridized carbons (Fsp3) is 0.103. The molecule has 0 radical (unpaired) electrons. The average molecular weight is 396 g/mol. The summed E-state index contributed by atoms with van der Waals surface area (Å²) in [7, 11) is 0. The van der Waals surface area contributed by atoms with Gasteiger partial charge >= 0.3 is 0 Å². The molecule has 2 heterocycles. The Hall–Kier alpha value is -3.52. The summed E-state index contributed by atoms with van der Waals surface area (Å²) in [5, 5.41) is 4.84. The highest BCUT2D eigenvalue weighted by Crippen LogP contribution is 2.43. The van der Waals surface area contributed by atoms with E-state index in [2.05, 4.69) is 105 Å². The number of hydrogen-bond donors (Lipinski definition) is 0. The number of benzene rings is 5. The average Bonchev–Trinajstić information content (AvgIpc) is 2.81. The highest BCUT2D eigenvalue weighted by molar-refractivity contribution is 6.98. The molecule has 7 rings (SSSR count). The SMILES string of the molecule is CC1(C)c2ccccc2B2c3ccc4ccccc4c3Oc3c2c1cc1ccccc31. The van der Waals surface area contributed by atoms with Crippen LogP contribution in [0.5, 0.6) is 11.5 Å². The number of rotatable bonds is 0.